The van der Waals surface area contributed by atoms with Crippen LogP contribution in [0, 0.1) is 0 Å². The summed E-state index contributed by atoms with van der Waals surface area (Å²) in [6.45, 7) is 13.0. The van der Waals surface area contributed by atoms with E-state index in [2.05, 4.69) is 37.9 Å². The minimum Gasteiger partial charge on any atom is -0.310 e. The zero-order valence-corrected chi connectivity index (χ0v) is 11.7. The van der Waals surface area contributed by atoms with Crippen LogP contribution < -0.4 is 5.32 Å². The highest BCUT2D eigenvalue weighted by Crippen LogP contribution is 2.22. The lowest BCUT2D eigenvalue weighted by Gasteiger charge is -2.38. The normalized spacial score (nSPS) is 22.3. The fourth-order valence-corrected chi connectivity index (χ4v) is 3.00. The van der Waals surface area contributed by atoms with Crippen LogP contribution in [-0.2, 0) is 0 Å². The van der Waals surface area contributed by atoms with E-state index < -0.39 is 0 Å². The van der Waals surface area contributed by atoms with Gasteiger partial charge in [0.15, 0.2) is 0 Å². The molecule has 0 aliphatic carbocycles. The highest BCUT2D eigenvalue weighted by atomic mass is 15.2. The Morgan fingerprint density at radius 3 is 2.25 bits per heavy atom. The van der Waals surface area contributed by atoms with Crippen LogP contribution in [0.4, 0.5) is 0 Å². The van der Waals surface area contributed by atoms with Crippen molar-refractivity contribution in [3.63, 3.8) is 0 Å². The van der Waals surface area contributed by atoms with Crippen molar-refractivity contribution in [3.05, 3.63) is 0 Å². The summed E-state index contributed by atoms with van der Waals surface area (Å²) < 4.78 is 0. The summed E-state index contributed by atoms with van der Waals surface area (Å²) in [5, 5.41) is 3.79. The molecule has 0 radical (unpaired) electrons. The largest absolute Gasteiger partial charge is 0.310 e. The van der Waals surface area contributed by atoms with Gasteiger partial charge in [-0.2, -0.15) is 0 Å². The Balaban J connectivity index is 2.71. The van der Waals surface area contributed by atoms with E-state index in [1.165, 1.54) is 51.7 Å². The van der Waals surface area contributed by atoms with Crippen LogP contribution in [-0.4, -0.2) is 36.1 Å². The van der Waals surface area contributed by atoms with Crippen LogP contribution in [0.2, 0.25) is 0 Å². The number of nitrogens with zero attached hydrogens (tertiary/aromatic N) is 1. The molecule has 2 heteroatoms. The van der Waals surface area contributed by atoms with Crippen molar-refractivity contribution in [2.75, 3.05) is 19.6 Å². The predicted molar refractivity (Wildman–Crippen MR) is 71.9 cm³/mol. The first-order valence-electron chi connectivity index (χ1n) is 7.20. The van der Waals surface area contributed by atoms with Gasteiger partial charge in [0.1, 0.15) is 0 Å². The van der Waals surface area contributed by atoms with E-state index in [-0.39, 0.29) is 0 Å². The number of rotatable bonds is 5. The van der Waals surface area contributed by atoms with Crippen molar-refractivity contribution in [3.8, 4) is 0 Å². The molecule has 1 aliphatic rings. The Bertz CT molecular complexity index is 183. The van der Waals surface area contributed by atoms with Gasteiger partial charge in [-0.1, -0.05) is 27.7 Å². The summed E-state index contributed by atoms with van der Waals surface area (Å²) in [4.78, 5) is 2.73. The fraction of sp³-hybridized carbons (Fsp3) is 1.00. The number of nitrogens with one attached hydrogen (secondary N) is 1. The molecule has 1 fully saturated rings. The van der Waals surface area contributed by atoms with Crippen molar-refractivity contribution in [1.29, 1.82) is 0 Å². The maximum atomic E-state index is 3.79. The average Bonchev–Trinajstić information content (AvgIpc) is 2.54. The Morgan fingerprint density at radius 1 is 1.12 bits per heavy atom. The van der Waals surface area contributed by atoms with Crippen molar-refractivity contribution >= 4 is 0 Å². The second-order valence-corrected chi connectivity index (χ2v) is 5.21. The van der Waals surface area contributed by atoms with Crippen molar-refractivity contribution in [2.24, 2.45) is 0 Å². The zero-order valence-electron chi connectivity index (χ0n) is 11.7. The van der Waals surface area contributed by atoms with Gasteiger partial charge >= 0.3 is 0 Å². The first kappa shape index (κ1) is 14.0. The number of hydrogen-bond acceptors (Lipinski definition) is 2. The van der Waals surface area contributed by atoms with Gasteiger partial charge in [-0.15, -0.1) is 0 Å². The molecule has 0 unspecified atom stereocenters. The molecule has 0 aromatic carbocycles. The van der Waals surface area contributed by atoms with E-state index in [1.54, 1.807) is 0 Å². The quantitative estimate of drug-likeness (QED) is 0.775. The predicted octanol–water partition coefficient (Wildman–Crippen LogP) is 3.03. The third-order valence-corrected chi connectivity index (χ3v) is 4.44. The van der Waals surface area contributed by atoms with E-state index in [4.69, 9.17) is 0 Å². The molecule has 1 heterocycles. The van der Waals surface area contributed by atoms with Gasteiger partial charge in [0.05, 0.1) is 0 Å². The summed E-state index contributed by atoms with van der Waals surface area (Å²) in [7, 11) is 0. The van der Waals surface area contributed by atoms with Crippen LogP contribution in [0.25, 0.3) is 0 Å². The molecule has 0 spiro atoms. The van der Waals surface area contributed by atoms with Gasteiger partial charge in [0, 0.05) is 18.1 Å². The minimum absolute atomic E-state index is 0.374. The lowest BCUT2D eigenvalue weighted by Crippen LogP contribution is -2.52. The van der Waals surface area contributed by atoms with Crippen LogP contribution in [0.3, 0.4) is 0 Å². The SMILES string of the molecule is CCC(CC)N1CCCNC(CC)(CC)C1. The maximum absolute atomic E-state index is 3.79. The molecule has 1 aliphatic heterocycles. The van der Waals surface area contributed by atoms with Gasteiger partial charge in [0.25, 0.3) is 0 Å². The summed E-state index contributed by atoms with van der Waals surface area (Å²) in [6.07, 6.45) is 6.39. The van der Waals surface area contributed by atoms with E-state index in [0.717, 1.165) is 6.04 Å². The Labute approximate surface area is 102 Å². The van der Waals surface area contributed by atoms with Crippen molar-refractivity contribution < 1.29 is 0 Å². The molecule has 0 aromatic heterocycles. The monoisotopic (exact) mass is 226 g/mol. The molecule has 1 rings (SSSR count). The molecular weight excluding hydrogens is 196 g/mol. The third kappa shape index (κ3) is 3.21. The molecule has 1 N–H and O–H groups in total. The second kappa shape index (κ2) is 6.61. The first-order chi connectivity index (χ1) is 7.71. The van der Waals surface area contributed by atoms with Crippen LogP contribution in [0.15, 0.2) is 0 Å². The van der Waals surface area contributed by atoms with Gasteiger partial charge in [-0.05, 0) is 45.2 Å². The summed E-state index contributed by atoms with van der Waals surface area (Å²) >= 11 is 0. The van der Waals surface area contributed by atoms with E-state index in [1.807, 2.05) is 0 Å². The van der Waals surface area contributed by atoms with Crippen molar-refractivity contribution in [1.82, 2.24) is 10.2 Å². The topological polar surface area (TPSA) is 15.3 Å². The molecule has 0 saturated carbocycles. The molecule has 0 aromatic rings. The smallest absolute Gasteiger partial charge is 0.0303 e. The second-order valence-electron chi connectivity index (χ2n) is 5.21. The van der Waals surface area contributed by atoms with E-state index >= 15 is 0 Å². The first-order valence-corrected chi connectivity index (χ1v) is 7.20. The Morgan fingerprint density at radius 2 is 1.75 bits per heavy atom. The Kier molecular flexibility index (Phi) is 5.77. The summed E-state index contributed by atoms with van der Waals surface area (Å²) in [5.74, 6) is 0. The van der Waals surface area contributed by atoms with E-state index in [9.17, 15) is 0 Å². The fourth-order valence-electron chi connectivity index (χ4n) is 3.00. The van der Waals surface area contributed by atoms with Crippen molar-refractivity contribution in [2.45, 2.75) is 71.4 Å². The standard InChI is InChI=1S/C14H30N2/c1-5-13(6-2)16-11-9-10-15-14(7-3,8-4)12-16/h13,15H,5-12H2,1-4H3. The summed E-state index contributed by atoms with van der Waals surface area (Å²) in [6, 6.07) is 0.789. The highest BCUT2D eigenvalue weighted by Gasteiger charge is 2.31. The van der Waals surface area contributed by atoms with Crippen LogP contribution in [0.5, 0.6) is 0 Å². The third-order valence-electron chi connectivity index (χ3n) is 4.44. The zero-order chi connectivity index (χ0) is 12.0. The molecular formula is C14H30N2. The van der Waals surface area contributed by atoms with Gasteiger partial charge < -0.3 is 5.32 Å². The molecule has 16 heavy (non-hydrogen) atoms. The minimum atomic E-state index is 0.374. The lowest BCUT2D eigenvalue weighted by molar-refractivity contribution is 0.141. The Hall–Kier alpha value is -0.0800. The highest BCUT2D eigenvalue weighted by molar-refractivity contribution is 4.92. The molecule has 2 nitrogen and oxygen atoms in total. The maximum Gasteiger partial charge on any atom is 0.0303 e. The molecule has 0 atom stereocenters. The van der Waals surface area contributed by atoms with Crippen LogP contribution >= 0.6 is 0 Å². The van der Waals surface area contributed by atoms with Gasteiger partial charge in [0.2, 0.25) is 0 Å². The number of hydrogen-bond donors (Lipinski definition) is 1. The van der Waals surface area contributed by atoms with Crippen LogP contribution in [0.1, 0.15) is 59.8 Å². The molecule has 0 amide bonds. The average molecular weight is 226 g/mol. The molecule has 0 bridgehead atoms. The van der Waals surface area contributed by atoms with Gasteiger partial charge in [-0.25, -0.2) is 0 Å². The molecule has 96 valence electrons. The lowest BCUT2D eigenvalue weighted by atomic mass is 9.91. The van der Waals surface area contributed by atoms with Gasteiger partial charge in [-0.3, -0.25) is 4.90 Å². The van der Waals surface area contributed by atoms with E-state index in [0.29, 0.717) is 5.54 Å². The summed E-state index contributed by atoms with van der Waals surface area (Å²) in [5.41, 5.74) is 0.374. The molecule has 1 saturated heterocycles.